The van der Waals surface area contributed by atoms with Gasteiger partial charge in [0.25, 0.3) is 0 Å². The SMILES string of the molecule is CCCC(=Nc1c(C)c2cccnc2c2ncccc12)c1c(N2CCN(C)CC2)n(C)c2ccccc12. The van der Waals surface area contributed by atoms with Crippen LogP contribution in [0.4, 0.5) is 11.5 Å². The van der Waals surface area contributed by atoms with Gasteiger partial charge >= 0.3 is 0 Å². The van der Waals surface area contributed by atoms with E-state index in [1.807, 2.05) is 24.5 Å². The summed E-state index contributed by atoms with van der Waals surface area (Å²) >= 11 is 0. The number of piperazine rings is 1. The minimum atomic E-state index is 0.904. The van der Waals surface area contributed by atoms with Gasteiger partial charge in [-0.25, -0.2) is 0 Å². The Bertz CT molecular complexity index is 1640. The highest BCUT2D eigenvalue weighted by Gasteiger charge is 2.26. The smallest absolute Gasteiger partial charge is 0.118 e. The highest BCUT2D eigenvalue weighted by atomic mass is 15.3. The fourth-order valence-corrected chi connectivity index (χ4v) is 5.82. The molecule has 6 heteroatoms. The van der Waals surface area contributed by atoms with E-state index in [2.05, 4.69) is 83.7 Å². The number of para-hydroxylation sites is 1. The van der Waals surface area contributed by atoms with E-state index in [0.29, 0.717) is 0 Å². The van der Waals surface area contributed by atoms with Crippen molar-refractivity contribution in [3.8, 4) is 0 Å². The van der Waals surface area contributed by atoms with Crippen molar-refractivity contribution in [2.75, 3.05) is 38.1 Å². The van der Waals surface area contributed by atoms with E-state index < -0.39 is 0 Å². The number of fused-ring (bicyclic) bond motifs is 4. The molecule has 0 saturated carbocycles. The van der Waals surface area contributed by atoms with Crippen LogP contribution in [0.1, 0.15) is 30.9 Å². The molecule has 5 aromatic rings. The van der Waals surface area contributed by atoms with Crippen molar-refractivity contribution < 1.29 is 0 Å². The quantitative estimate of drug-likeness (QED) is 0.216. The maximum atomic E-state index is 5.53. The summed E-state index contributed by atoms with van der Waals surface area (Å²) in [5.74, 6) is 1.28. The molecule has 4 heterocycles. The Hall–Kier alpha value is -3.77. The zero-order valence-electron chi connectivity index (χ0n) is 22.2. The van der Waals surface area contributed by atoms with E-state index in [4.69, 9.17) is 9.98 Å². The molecule has 1 aliphatic heterocycles. The second-order valence-electron chi connectivity index (χ2n) is 10.1. The van der Waals surface area contributed by atoms with Crippen molar-refractivity contribution in [1.82, 2.24) is 19.4 Å². The molecule has 1 saturated heterocycles. The Balaban J connectivity index is 1.65. The lowest BCUT2D eigenvalue weighted by Gasteiger charge is -2.35. The third-order valence-corrected chi connectivity index (χ3v) is 7.76. The third-order valence-electron chi connectivity index (χ3n) is 7.76. The topological polar surface area (TPSA) is 49.6 Å². The van der Waals surface area contributed by atoms with Crippen molar-refractivity contribution >= 4 is 49.9 Å². The van der Waals surface area contributed by atoms with Crippen LogP contribution in [-0.2, 0) is 7.05 Å². The first-order chi connectivity index (χ1) is 18.1. The Morgan fingerprint density at radius 2 is 1.49 bits per heavy atom. The van der Waals surface area contributed by atoms with Gasteiger partial charge in [0.05, 0.1) is 27.9 Å². The summed E-state index contributed by atoms with van der Waals surface area (Å²) in [6.45, 7) is 8.57. The van der Waals surface area contributed by atoms with Gasteiger partial charge in [0, 0.05) is 67.3 Å². The normalized spacial score (nSPS) is 15.4. The molecular weight excluding hydrogens is 456 g/mol. The van der Waals surface area contributed by atoms with Gasteiger partial charge in [-0.15, -0.1) is 0 Å². The number of benzene rings is 2. The summed E-state index contributed by atoms with van der Waals surface area (Å²) in [6.07, 6.45) is 5.62. The first kappa shape index (κ1) is 23.6. The molecule has 0 unspecified atom stereocenters. The van der Waals surface area contributed by atoms with Crippen molar-refractivity contribution in [2.45, 2.75) is 26.7 Å². The number of aliphatic imine (C=N–C) groups is 1. The summed E-state index contributed by atoms with van der Waals surface area (Å²) < 4.78 is 2.37. The van der Waals surface area contributed by atoms with E-state index in [9.17, 15) is 0 Å². The second kappa shape index (κ2) is 9.60. The minimum Gasteiger partial charge on any atom is -0.355 e. The van der Waals surface area contributed by atoms with Gasteiger partial charge in [-0.3, -0.25) is 15.0 Å². The molecule has 0 atom stereocenters. The zero-order valence-corrected chi connectivity index (χ0v) is 22.2. The van der Waals surface area contributed by atoms with Crippen molar-refractivity contribution in [3.05, 3.63) is 72.1 Å². The zero-order chi connectivity index (χ0) is 25.5. The molecule has 2 aromatic carbocycles. The molecule has 37 heavy (non-hydrogen) atoms. The van der Waals surface area contributed by atoms with Gasteiger partial charge in [0.2, 0.25) is 0 Å². The largest absolute Gasteiger partial charge is 0.355 e. The lowest BCUT2D eigenvalue weighted by atomic mass is 10.00. The number of nitrogens with zero attached hydrogens (tertiary/aromatic N) is 6. The predicted molar refractivity (Wildman–Crippen MR) is 156 cm³/mol. The number of hydrogen-bond donors (Lipinski definition) is 0. The predicted octanol–water partition coefficient (Wildman–Crippen LogP) is 6.26. The number of likely N-dealkylation sites (N-methyl/N-ethyl adjacent to an activating group) is 1. The fourth-order valence-electron chi connectivity index (χ4n) is 5.82. The Morgan fingerprint density at radius 1 is 0.838 bits per heavy atom. The van der Waals surface area contributed by atoms with E-state index in [1.165, 1.54) is 22.3 Å². The van der Waals surface area contributed by atoms with Crippen molar-refractivity contribution in [1.29, 1.82) is 0 Å². The van der Waals surface area contributed by atoms with E-state index >= 15 is 0 Å². The lowest BCUT2D eigenvalue weighted by Crippen LogP contribution is -2.45. The number of aromatic nitrogens is 3. The first-order valence-electron chi connectivity index (χ1n) is 13.3. The molecule has 188 valence electrons. The average molecular weight is 491 g/mol. The molecule has 6 nitrogen and oxygen atoms in total. The van der Waals surface area contributed by atoms with Crippen LogP contribution in [0.15, 0.2) is 65.9 Å². The van der Waals surface area contributed by atoms with Crippen LogP contribution < -0.4 is 4.90 Å². The highest BCUT2D eigenvalue weighted by molar-refractivity contribution is 6.18. The molecule has 0 bridgehead atoms. The second-order valence-corrected chi connectivity index (χ2v) is 10.1. The van der Waals surface area contributed by atoms with Crippen LogP contribution in [0.5, 0.6) is 0 Å². The molecule has 0 amide bonds. The first-order valence-corrected chi connectivity index (χ1v) is 13.3. The number of aryl methyl sites for hydroxylation is 2. The summed E-state index contributed by atoms with van der Waals surface area (Å²) in [4.78, 5) is 19.9. The molecule has 0 N–H and O–H groups in total. The maximum absolute atomic E-state index is 5.53. The summed E-state index contributed by atoms with van der Waals surface area (Å²) in [5, 5.41) is 3.44. The van der Waals surface area contributed by atoms with Gasteiger partial charge in [-0.1, -0.05) is 37.6 Å². The van der Waals surface area contributed by atoms with Crippen LogP contribution >= 0.6 is 0 Å². The third kappa shape index (κ3) is 3.96. The van der Waals surface area contributed by atoms with E-state index in [0.717, 1.165) is 77.8 Å². The average Bonchev–Trinajstić information content (AvgIpc) is 3.23. The summed E-state index contributed by atoms with van der Waals surface area (Å²) in [7, 11) is 4.41. The van der Waals surface area contributed by atoms with Crippen LogP contribution in [0, 0.1) is 6.92 Å². The molecule has 1 aliphatic rings. The number of rotatable bonds is 5. The van der Waals surface area contributed by atoms with E-state index in [1.54, 1.807) is 0 Å². The van der Waals surface area contributed by atoms with Crippen LogP contribution in [0.25, 0.3) is 32.7 Å². The van der Waals surface area contributed by atoms with Crippen molar-refractivity contribution in [3.63, 3.8) is 0 Å². The van der Waals surface area contributed by atoms with Gasteiger partial charge in [0.1, 0.15) is 5.82 Å². The molecule has 0 aliphatic carbocycles. The monoisotopic (exact) mass is 490 g/mol. The number of anilines is 1. The Morgan fingerprint density at radius 3 is 2.22 bits per heavy atom. The molecule has 1 fully saturated rings. The Labute approximate surface area is 218 Å². The molecule has 3 aromatic heterocycles. The summed E-state index contributed by atoms with van der Waals surface area (Å²) in [6, 6.07) is 17.0. The van der Waals surface area contributed by atoms with Crippen LogP contribution in [-0.4, -0.2) is 58.4 Å². The van der Waals surface area contributed by atoms with Crippen LogP contribution in [0.2, 0.25) is 0 Å². The number of pyridine rings is 2. The van der Waals surface area contributed by atoms with Crippen molar-refractivity contribution in [2.24, 2.45) is 12.0 Å². The summed E-state index contributed by atoms with van der Waals surface area (Å²) in [5.41, 5.74) is 7.67. The van der Waals surface area contributed by atoms with Crippen LogP contribution in [0.3, 0.4) is 0 Å². The molecule has 0 radical (unpaired) electrons. The Kier molecular flexibility index (Phi) is 6.13. The highest BCUT2D eigenvalue weighted by Crippen LogP contribution is 2.39. The molecular formula is C31H34N6. The minimum absolute atomic E-state index is 0.904. The molecule has 0 spiro atoms. The van der Waals surface area contributed by atoms with Gasteiger partial charge < -0.3 is 14.4 Å². The van der Waals surface area contributed by atoms with Gasteiger partial charge in [0.15, 0.2) is 0 Å². The van der Waals surface area contributed by atoms with Gasteiger partial charge in [-0.05, 0) is 50.2 Å². The van der Waals surface area contributed by atoms with E-state index in [-0.39, 0.29) is 0 Å². The van der Waals surface area contributed by atoms with Gasteiger partial charge in [-0.2, -0.15) is 0 Å². The fraction of sp³-hybridized carbons (Fsp3) is 0.323. The lowest BCUT2D eigenvalue weighted by molar-refractivity contribution is 0.311. The standard InChI is InChI=1S/C31H34N6/c1-5-10-25(34-28-21(2)22-12-8-15-32-29(22)30-24(28)13-9-16-33-30)27-23-11-6-7-14-26(23)36(4)31(27)37-19-17-35(3)18-20-37/h6-9,11-16H,5,10,17-20H2,1-4H3. The number of hydrogen-bond acceptors (Lipinski definition) is 5. The molecule has 6 rings (SSSR count). The maximum Gasteiger partial charge on any atom is 0.118 e.